The van der Waals surface area contributed by atoms with Crippen LogP contribution in [0, 0.1) is 5.92 Å². The van der Waals surface area contributed by atoms with Crippen molar-refractivity contribution in [2.45, 2.75) is 26.3 Å². The summed E-state index contributed by atoms with van der Waals surface area (Å²) in [5.41, 5.74) is 1.07. The van der Waals surface area contributed by atoms with Gasteiger partial charge in [-0.3, -0.25) is 0 Å². The number of nitrogens with one attached hydrogen (secondary N) is 1. The Kier molecular flexibility index (Phi) is 4.78. The number of rotatable bonds is 4. The van der Waals surface area contributed by atoms with Crippen molar-refractivity contribution in [2.24, 2.45) is 5.92 Å². The average Bonchev–Trinajstić information content (AvgIpc) is 2.55. The van der Waals surface area contributed by atoms with E-state index in [1.807, 2.05) is 36.5 Å². The van der Waals surface area contributed by atoms with Crippen molar-refractivity contribution >= 4 is 23.4 Å². The maximum absolute atomic E-state index is 6.18. The lowest BCUT2D eigenvalue weighted by Gasteiger charge is -2.30. The highest BCUT2D eigenvalue weighted by atomic mass is 35.5. The van der Waals surface area contributed by atoms with E-state index in [0.29, 0.717) is 6.54 Å². The first-order chi connectivity index (χ1) is 10.7. The van der Waals surface area contributed by atoms with E-state index in [0.717, 1.165) is 41.4 Å². The van der Waals surface area contributed by atoms with Crippen LogP contribution in [0.3, 0.4) is 0 Å². The van der Waals surface area contributed by atoms with Crippen molar-refractivity contribution in [3.05, 3.63) is 47.1 Å². The minimum absolute atomic E-state index is 0.660. The van der Waals surface area contributed by atoms with Gasteiger partial charge >= 0.3 is 0 Å². The van der Waals surface area contributed by atoms with Crippen molar-refractivity contribution in [1.29, 1.82) is 0 Å². The number of benzene rings is 1. The summed E-state index contributed by atoms with van der Waals surface area (Å²) in [5.74, 6) is 2.46. The molecular weight excluding hydrogens is 296 g/mol. The van der Waals surface area contributed by atoms with Crippen molar-refractivity contribution in [3.63, 3.8) is 0 Å². The zero-order valence-electron chi connectivity index (χ0n) is 12.8. The van der Waals surface area contributed by atoms with Gasteiger partial charge in [0.05, 0.1) is 0 Å². The molecular formula is C17H21ClN4. The van der Waals surface area contributed by atoms with Crippen LogP contribution in [0.15, 0.2) is 36.5 Å². The summed E-state index contributed by atoms with van der Waals surface area (Å²) in [7, 11) is 0. The topological polar surface area (TPSA) is 41.1 Å². The van der Waals surface area contributed by atoms with Crippen LogP contribution in [0.1, 0.15) is 25.3 Å². The Morgan fingerprint density at radius 1 is 1.23 bits per heavy atom. The van der Waals surface area contributed by atoms with E-state index < -0.39 is 0 Å². The van der Waals surface area contributed by atoms with Crippen LogP contribution >= 0.6 is 11.6 Å². The lowest BCUT2D eigenvalue weighted by Crippen LogP contribution is -2.34. The summed E-state index contributed by atoms with van der Waals surface area (Å²) in [4.78, 5) is 11.3. The normalized spacial score (nSPS) is 15.8. The largest absolute Gasteiger partial charge is 0.366 e. The Balaban J connectivity index is 1.65. The average molecular weight is 317 g/mol. The van der Waals surface area contributed by atoms with Gasteiger partial charge in [-0.1, -0.05) is 36.7 Å². The molecule has 0 unspecified atom stereocenters. The molecule has 1 aliphatic rings. The molecule has 0 aliphatic carbocycles. The molecule has 0 bridgehead atoms. The van der Waals surface area contributed by atoms with E-state index in [2.05, 4.69) is 27.1 Å². The van der Waals surface area contributed by atoms with E-state index in [-0.39, 0.29) is 0 Å². The summed E-state index contributed by atoms with van der Waals surface area (Å²) in [5, 5.41) is 4.10. The van der Waals surface area contributed by atoms with Gasteiger partial charge in [0.2, 0.25) is 5.95 Å². The third kappa shape index (κ3) is 3.69. The first kappa shape index (κ1) is 15.1. The van der Waals surface area contributed by atoms with Crippen LogP contribution in [0.25, 0.3) is 0 Å². The quantitative estimate of drug-likeness (QED) is 0.926. The molecule has 1 saturated heterocycles. The monoisotopic (exact) mass is 316 g/mol. The van der Waals surface area contributed by atoms with E-state index in [4.69, 9.17) is 11.6 Å². The Morgan fingerprint density at radius 3 is 2.77 bits per heavy atom. The molecule has 0 saturated carbocycles. The van der Waals surface area contributed by atoms with Crippen LogP contribution in [0.4, 0.5) is 11.8 Å². The second kappa shape index (κ2) is 6.97. The maximum Gasteiger partial charge on any atom is 0.227 e. The Bertz CT molecular complexity index is 624. The van der Waals surface area contributed by atoms with Crippen LogP contribution in [0.5, 0.6) is 0 Å². The standard InChI is InChI=1S/C17H21ClN4/c1-13-7-10-22(11-8-13)17-19-9-6-16(21-17)20-12-14-4-2-3-5-15(14)18/h2-6,9,13H,7-8,10-12H2,1H3,(H,19,20,21). The highest BCUT2D eigenvalue weighted by Crippen LogP contribution is 2.21. The molecule has 1 aliphatic heterocycles. The van der Waals surface area contributed by atoms with E-state index >= 15 is 0 Å². The van der Waals surface area contributed by atoms with Crippen molar-refractivity contribution in [3.8, 4) is 0 Å². The number of nitrogens with zero attached hydrogens (tertiary/aromatic N) is 3. The summed E-state index contributed by atoms with van der Waals surface area (Å²) in [6.45, 7) is 5.04. The van der Waals surface area contributed by atoms with Crippen LogP contribution in [-0.2, 0) is 6.54 Å². The van der Waals surface area contributed by atoms with Gasteiger partial charge in [-0.2, -0.15) is 4.98 Å². The molecule has 0 amide bonds. The highest BCUT2D eigenvalue weighted by molar-refractivity contribution is 6.31. The second-order valence-corrected chi connectivity index (χ2v) is 6.26. The Hall–Kier alpha value is -1.81. The lowest BCUT2D eigenvalue weighted by atomic mass is 10.00. The van der Waals surface area contributed by atoms with Crippen LogP contribution in [-0.4, -0.2) is 23.1 Å². The molecule has 0 spiro atoms. The smallest absolute Gasteiger partial charge is 0.227 e. The van der Waals surface area contributed by atoms with E-state index in [9.17, 15) is 0 Å². The molecule has 5 heteroatoms. The molecule has 22 heavy (non-hydrogen) atoms. The van der Waals surface area contributed by atoms with E-state index in [1.54, 1.807) is 0 Å². The fourth-order valence-corrected chi connectivity index (χ4v) is 2.84. The maximum atomic E-state index is 6.18. The predicted molar refractivity (Wildman–Crippen MR) is 91.4 cm³/mol. The first-order valence-electron chi connectivity index (χ1n) is 7.77. The summed E-state index contributed by atoms with van der Waals surface area (Å²) in [6.07, 6.45) is 4.23. The molecule has 1 aromatic carbocycles. The minimum Gasteiger partial charge on any atom is -0.366 e. The first-order valence-corrected chi connectivity index (χ1v) is 8.15. The Labute approximate surface area is 136 Å². The molecule has 1 N–H and O–H groups in total. The molecule has 4 nitrogen and oxygen atoms in total. The number of hydrogen-bond donors (Lipinski definition) is 1. The minimum atomic E-state index is 0.660. The third-order valence-corrected chi connectivity index (χ3v) is 4.50. The molecule has 2 aromatic rings. The van der Waals surface area contributed by atoms with Gasteiger partial charge < -0.3 is 10.2 Å². The van der Waals surface area contributed by atoms with Gasteiger partial charge in [0.1, 0.15) is 5.82 Å². The number of anilines is 2. The lowest BCUT2D eigenvalue weighted by molar-refractivity contribution is 0.434. The highest BCUT2D eigenvalue weighted by Gasteiger charge is 2.18. The van der Waals surface area contributed by atoms with E-state index in [1.165, 1.54) is 12.8 Å². The molecule has 1 fully saturated rings. The molecule has 0 atom stereocenters. The molecule has 3 rings (SSSR count). The molecule has 0 radical (unpaired) electrons. The zero-order chi connectivity index (χ0) is 15.4. The number of halogens is 1. The van der Waals surface area contributed by atoms with Gasteiger partial charge in [0.15, 0.2) is 0 Å². The fraction of sp³-hybridized carbons (Fsp3) is 0.412. The number of hydrogen-bond acceptors (Lipinski definition) is 4. The van der Waals surface area contributed by atoms with Crippen molar-refractivity contribution in [2.75, 3.05) is 23.3 Å². The van der Waals surface area contributed by atoms with Gasteiger partial charge in [-0.25, -0.2) is 4.98 Å². The Morgan fingerprint density at radius 2 is 2.00 bits per heavy atom. The fourth-order valence-electron chi connectivity index (χ4n) is 2.64. The number of piperidine rings is 1. The molecule has 2 heterocycles. The second-order valence-electron chi connectivity index (χ2n) is 5.86. The predicted octanol–water partition coefficient (Wildman–Crippen LogP) is 3.98. The van der Waals surface area contributed by atoms with Gasteiger partial charge in [-0.05, 0) is 36.5 Å². The van der Waals surface area contributed by atoms with Crippen molar-refractivity contribution < 1.29 is 0 Å². The zero-order valence-corrected chi connectivity index (χ0v) is 13.6. The van der Waals surface area contributed by atoms with Gasteiger partial charge in [0, 0.05) is 30.9 Å². The number of aromatic nitrogens is 2. The van der Waals surface area contributed by atoms with Crippen LogP contribution in [0.2, 0.25) is 5.02 Å². The summed E-state index contributed by atoms with van der Waals surface area (Å²) >= 11 is 6.18. The SMILES string of the molecule is CC1CCN(c2nccc(NCc3ccccc3Cl)n2)CC1. The van der Waals surface area contributed by atoms with Gasteiger partial charge in [-0.15, -0.1) is 0 Å². The summed E-state index contributed by atoms with van der Waals surface area (Å²) < 4.78 is 0. The third-order valence-electron chi connectivity index (χ3n) is 4.13. The molecule has 116 valence electrons. The van der Waals surface area contributed by atoms with Gasteiger partial charge in [0.25, 0.3) is 0 Å². The van der Waals surface area contributed by atoms with Crippen molar-refractivity contribution in [1.82, 2.24) is 9.97 Å². The molecule has 1 aromatic heterocycles. The van der Waals surface area contributed by atoms with Crippen LogP contribution < -0.4 is 10.2 Å². The summed E-state index contributed by atoms with van der Waals surface area (Å²) in [6, 6.07) is 9.74.